The van der Waals surface area contributed by atoms with Gasteiger partial charge in [-0.05, 0) is 86.7 Å². The summed E-state index contributed by atoms with van der Waals surface area (Å²) >= 11 is 1.58. The van der Waals surface area contributed by atoms with Crippen molar-refractivity contribution < 1.29 is 24.6 Å². The van der Waals surface area contributed by atoms with Crippen molar-refractivity contribution in [2.75, 3.05) is 49.5 Å². The van der Waals surface area contributed by atoms with Crippen molar-refractivity contribution in [1.29, 1.82) is 0 Å². The van der Waals surface area contributed by atoms with Crippen molar-refractivity contribution in [2.45, 2.75) is 97.7 Å². The van der Waals surface area contributed by atoms with Crippen LogP contribution in [0.4, 0.5) is 17.3 Å². The molecule has 0 saturated carbocycles. The first-order chi connectivity index (χ1) is 33.9. The van der Waals surface area contributed by atoms with E-state index in [-0.39, 0.29) is 55.8 Å². The highest BCUT2D eigenvalue weighted by Gasteiger charge is 2.44. The number of hydrogen-bond acceptors (Lipinski definition) is 14. The smallest absolute Gasteiger partial charge is 0.278 e. The van der Waals surface area contributed by atoms with Crippen LogP contribution in [0, 0.1) is 12.3 Å². The molecule has 8 rings (SSSR count). The van der Waals surface area contributed by atoms with E-state index < -0.39 is 29.2 Å². The van der Waals surface area contributed by atoms with Crippen LogP contribution < -0.4 is 26.4 Å². The highest BCUT2D eigenvalue weighted by atomic mass is 32.1. The Morgan fingerprint density at radius 2 is 1.69 bits per heavy atom. The molecule has 18 nitrogen and oxygen atoms in total. The second-order valence-corrected chi connectivity index (χ2v) is 20.8. The molecule has 3 atom stereocenters. The maximum atomic E-state index is 14.1. The Hall–Kier alpha value is -6.80. The molecular formula is C52H64N12O6S. The lowest BCUT2D eigenvalue weighted by Gasteiger charge is -2.36. The third kappa shape index (κ3) is 11.7. The van der Waals surface area contributed by atoms with E-state index in [2.05, 4.69) is 47.3 Å². The Morgan fingerprint density at radius 1 is 0.958 bits per heavy atom. The number of nitrogens with zero attached hydrogens (tertiary/aromatic N) is 9. The van der Waals surface area contributed by atoms with Crippen LogP contribution in [0.5, 0.6) is 0 Å². The van der Waals surface area contributed by atoms with Crippen LogP contribution in [0.2, 0.25) is 0 Å². The van der Waals surface area contributed by atoms with Crippen LogP contribution in [0.3, 0.4) is 0 Å². The molecule has 3 amide bonds. The molecular weight excluding hydrogens is 921 g/mol. The zero-order valence-corrected chi connectivity index (χ0v) is 42.1. The van der Waals surface area contributed by atoms with Gasteiger partial charge in [0.2, 0.25) is 23.7 Å². The van der Waals surface area contributed by atoms with Crippen LogP contribution in [-0.4, -0.2) is 124 Å². The van der Waals surface area contributed by atoms with E-state index in [0.717, 1.165) is 65.8 Å². The molecule has 3 unspecified atom stereocenters. The monoisotopic (exact) mass is 984 g/mol. The number of carbonyl (C=O) groups excluding carboxylic acids is 3. The molecule has 71 heavy (non-hydrogen) atoms. The summed E-state index contributed by atoms with van der Waals surface area (Å²) in [6.45, 7) is 19.2. The average molecular weight is 985 g/mol. The van der Waals surface area contributed by atoms with Gasteiger partial charge in [-0.2, -0.15) is 4.98 Å². The largest absolute Gasteiger partial charge is 0.391 e. The van der Waals surface area contributed by atoms with Crippen molar-refractivity contribution in [2.24, 2.45) is 5.41 Å². The molecule has 5 N–H and O–H groups in total. The van der Waals surface area contributed by atoms with Crippen LogP contribution in [-0.2, 0) is 33.1 Å². The van der Waals surface area contributed by atoms with Gasteiger partial charge >= 0.3 is 0 Å². The number of aromatic nitrogens is 6. The molecule has 0 bridgehead atoms. The molecule has 0 aliphatic carbocycles. The normalized spacial score (nSPS) is 17.1. The Labute approximate surface area is 417 Å². The van der Waals surface area contributed by atoms with Gasteiger partial charge < -0.3 is 36.0 Å². The number of benzene rings is 2. The molecule has 2 aromatic carbocycles. The Balaban J connectivity index is 0.810. The second-order valence-electron chi connectivity index (χ2n) is 19.9. The van der Waals surface area contributed by atoms with Crippen molar-refractivity contribution in [1.82, 2.24) is 49.7 Å². The lowest BCUT2D eigenvalue weighted by atomic mass is 9.85. The number of fused-ring (bicyclic) bond motifs is 1. The number of aryl methyl sites for hydroxylation is 1. The fraction of sp³-hybridized carbons (Fsp3) is 0.423. The van der Waals surface area contributed by atoms with E-state index in [1.807, 2.05) is 81.7 Å². The van der Waals surface area contributed by atoms with Gasteiger partial charge in [-0.3, -0.25) is 24.1 Å². The Bertz CT molecular complexity index is 2930. The SMILES string of the molecule is C=CCn1c(=O)c2cnc(Nc3ccc(N4CCN(CCCC(=O)NC(C(=O)N5CC(O)CC5C(=O)NCc5ccc(-c6scnc6C)cc5)C(C)(C)C)CC4)cc3)nc2n1-c1cccc(C(C)(C)O)n1. The third-order valence-electron chi connectivity index (χ3n) is 13.0. The van der Waals surface area contributed by atoms with Crippen LogP contribution >= 0.6 is 11.3 Å². The summed E-state index contributed by atoms with van der Waals surface area (Å²) in [5.74, 6) is -0.238. The number of amides is 3. The fourth-order valence-corrected chi connectivity index (χ4v) is 9.89. The lowest BCUT2D eigenvalue weighted by Crippen LogP contribution is -2.57. The predicted octanol–water partition coefficient (Wildman–Crippen LogP) is 5.28. The minimum atomic E-state index is -1.19. The van der Waals surface area contributed by atoms with Crippen molar-refractivity contribution >= 4 is 57.4 Å². The van der Waals surface area contributed by atoms with Gasteiger partial charge in [0.25, 0.3) is 5.56 Å². The summed E-state index contributed by atoms with van der Waals surface area (Å²) < 4.78 is 3.11. The quantitative estimate of drug-likeness (QED) is 0.0737. The standard InChI is InChI=1S/C52H64N12O6S/c1-8-22-63-48(68)39-30-54-50(59-46(39)64(63)42-12-9-11-41(57-42)52(6,7)70)56-36-18-20-37(21-19-36)61-26-24-60(25-27-61)23-10-13-43(66)58-45(51(3,4)5)49(69)62-31-38(65)28-40(62)47(67)53-29-34-14-16-35(17-15-34)44-33(2)55-32-71-44/h8-9,11-12,14-21,30,32,38,40,45,65,70H,1,10,13,22-29,31H2,2-7H3,(H,53,67)(H,58,66)(H,54,56,59). The maximum Gasteiger partial charge on any atom is 0.278 e. The van der Waals surface area contributed by atoms with Crippen molar-refractivity contribution in [3.8, 4) is 16.3 Å². The predicted molar refractivity (Wildman–Crippen MR) is 276 cm³/mol. The van der Waals surface area contributed by atoms with Crippen molar-refractivity contribution in [3.63, 3.8) is 0 Å². The summed E-state index contributed by atoms with van der Waals surface area (Å²) in [7, 11) is 0. The molecule has 6 heterocycles. The molecule has 2 fully saturated rings. The summed E-state index contributed by atoms with van der Waals surface area (Å²) in [6, 6.07) is 19.4. The number of hydrogen-bond donors (Lipinski definition) is 5. The molecule has 4 aromatic heterocycles. The summed E-state index contributed by atoms with van der Waals surface area (Å²) in [5.41, 5.74) is 5.26. The van der Waals surface area contributed by atoms with E-state index in [1.165, 1.54) is 15.8 Å². The number of β-amino-alcohol motifs (C(OH)–C–C–N with tert-alkyl or cyclic N) is 1. The summed E-state index contributed by atoms with van der Waals surface area (Å²) in [5, 5.41) is 30.8. The zero-order valence-electron chi connectivity index (χ0n) is 41.3. The number of anilines is 3. The molecule has 0 radical (unpaired) electrons. The second kappa shape index (κ2) is 21.3. The molecule has 6 aromatic rings. The van der Waals surface area contributed by atoms with Gasteiger partial charge in [-0.15, -0.1) is 17.9 Å². The number of nitrogens with one attached hydrogen (secondary N) is 3. The number of carbonyl (C=O) groups is 3. The summed E-state index contributed by atoms with van der Waals surface area (Å²) in [4.78, 5) is 79.9. The lowest BCUT2D eigenvalue weighted by molar-refractivity contribution is -0.144. The van der Waals surface area contributed by atoms with Crippen LogP contribution in [0.25, 0.3) is 27.3 Å². The van der Waals surface area contributed by atoms with E-state index in [1.54, 1.807) is 54.1 Å². The first kappa shape index (κ1) is 50.6. The highest BCUT2D eigenvalue weighted by molar-refractivity contribution is 7.13. The van der Waals surface area contributed by atoms with Gasteiger partial charge in [0.15, 0.2) is 11.5 Å². The van der Waals surface area contributed by atoms with E-state index in [0.29, 0.717) is 34.9 Å². The molecule has 374 valence electrons. The van der Waals surface area contributed by atoms with E-state index in [4.69, 9.17) is 4.98 Å². The number of thiazole rings is 1. The first-order valence-electron chi connectivity index (χ1n) is 24.1. The minimum absolute atomic E-state index is 0.0134. The third-order valence-corrected chi connectivity index (χ3v) is 14.0. The molecule has 19 heteroatoms. The number of likely N-dealkylation sites (tertiary alicyclic amines) is 1. The number of pyridine rings is 1. The molecule has 2 saturated heterocycles. The average Bonchev–Trinajstić information content (AvgIpc) is 4.04. The van der Waals surface area contributed by atoms with Crippen LogP contribution in [0.1, 0.15) is 70.8 Å². The minimum Gasteiger partial charge on any atom is -0.391 e. The Morgan fingerprint density at radius 3 is 2.35 bits per heavy atom. The van der Waals surface area contributed by atoms with Gasteiger partial charge in [-0.1, -0.05) is 57.2 Å². The Kier molecular flexibility index (Phi) is 15.2. The van der Waals surface area contributed by atoms with Crippen LogP contribution in [0.15, 0.2) is 95.9 Å². The number of aliphatic hydroxyl groups excluding tert-OH is 1. The zero-order chi connectivity index (χ0) is 50.6. The first-order valence-corrected chi connectivity index (χ1v) is 24.9. The van der Waals surface area contributed by atoms with Gasteiger partial charge in [0, 0.05) is 69.7 Å². The van der Waals surface area contributed by atoms with E-state index in [9.17, 15) is 29.4 Å². The maximum absolute atomic E-state index is 14.1. The fourth-order valence-electron chi connectivity index (χ4n) is 9.08. The van der Waals surface area contributed by atoms with Gasteiger partial charge in [0.05, 0.1) is 34.4 Å². The molecule has 2 aliphatic heterocycles. The number of aliphatic hydroxyl groups is 2. The van der Waals surface area contributed by atoms with E-state index >= 15 is 0 Å². The molecule has 0 spiro atoms. The number of allylic oxidation sites excluding steroid dienone is 1. The van der Waals surface area contributed by atoms with Gasteiger partial charge in [-0.25, -0.2) is 24.3 Å². The van der Waals surface area contributed by atoms with Gasteiger partial charge in [0.1, 0.15) is 23.1 Å². The summed E-state index contributed by atoms with van der Waals surface area (Å²) in [6.07, 6.45) is 3.25. The molecule has 2 aliphatic rings. The number of piperazine rings is 1. The highest BCUT2D eigenvalue weighted by Crippen LogP contribution is 2.29. The topological polar surface area (TPSA) is 216 Å². The van der Waals surface area contributed by atoms with Crippen molar-refractivity contribution in [3.05, 3.63) is 118 Å². The number of rotatable bonds is 17.